The molecule has 0 bridgehead atoms. The van der Waals surface area contributed by atoms with Crippen molar-refractivity contribution in [2.75, 3.05) is 6.54 Å². The lowest BCUT2D eigenvalue weighted by Gasteiger charge is -2.35. The molecule has 1 unspecified atom stereocenters. The van der Waals surface area contributed by atoms with Crippen molar-refractivity contribution >= 4 is 5.91 Å². The number of benzene rings is 1. The lowest BCUT2D eigenvalue weighted by atomic mass is 9.95. The van der Waals surface area contributed by atoms with Gasteiger partial charge >= 0.3 is 6.55 Å². The van der Waals surface area contributed by atoms with Crippen molar-refractivity contribution in [3.05, 3.63) is 53.9 Å². The van der Waals surface area contributed by atoms with E-state index in [0.29, 0.717) is 11.2 Å². The topological polar surface area (TPSA) is 38.1 Å². The summed E-state index contributed by atoms with van der Waals surface area (Å²) in [7, 11) is 0. The Kier molecular flexibility index (Phi) is 5.23. The first-order chi connectivity index (χ1) is 11.6. The van der Waals surface area contributed by atoms with Crippen molar-refractivity contribution < 1.29 is 13.6 Å². The highest BCUT2D eigenvalue weighted by Crippen LogP contribution is 2.23. The van der Waals surface area contributed by atoms with E-state index in [-0.39, 0.29) is 17.6 Å². The molecule has 1 aliphatic heterocycles. The number of halogens is 2. The first kappa shape index (κ1) is 16.6. The van der Waals surface area contributed by atoms with E-state index < -0.39 is 6.55 Å². The van der Waals surface area contributed by atoms with Gasteiger partial charge in [-0.1, -0.05) is 30.3 Å². The normalized spacial score (nSPS) is 18.1. The number of likely N-dealkylation sites (tertiary alicyclic amines) is 1. The molecule has 0 N–H and O–H groups in total. The third-order valence-electron chi connectivity index (χ3n) is 4.52. The summed E-state index contributed by atoms with van der Waals surface area (Å²) in [5.41, 5.74) is 1.35. The van der Waals surface area contributed by atoms with E-state index in [1.54, 1.807) is 0 Å². The molecule has 0 radical (unpaired) electrons. The Morgan fingerprint density at radius 1 is 1.21 bits per heavy atom. The van der Waals surface area contributed by atoms with Gasteiger partial charge in [-0.3, -0.25) is 4.79 Å². The highest BCUT2D eigenvalue weighted by Gasteiger charge is 2.28. The number of nitrogens with zero attached hydrogens (tertiary/aromatic N) is 3. The summed E-state index contributed by atoms with van der Waals surface area (Å²) in [6, 6.07) is 11.7. The van der Waals surface area contributed by atoms with E-state index in [4.69, 9.17) is 0 Å². The lowest BCUT2D eigenvalue weighted by Crippen LogP contribution is -2.44. The van der Waals surface area contributed by atoms with Gasteiger partial charge in [-0.15, -0.1) is 0 Å². The summed E-state index contributed by atoms with van der Waals surface area (Å²) in [6.07, 6.45) is 5.93. The first-order valence-corrected chi connectivity index (χ1v) is 8.33. The third-order valence-corrected chi connectivity index (χ3v) is 4.52. The van der Waals surface area contributed by atoms with Crippen LogP contribution in [-0.2, 0) is 6.42 Å². The van der Waals surface area contributed by atoms with Gasteiger partial charge in [-0.05, 0) is 43.7 Å². The lowest BCUT2D eigenvalue weighted by molar-refractivity contribution is 0.0524. The number of aromatic nitrogens is 2. The first-order valence-electron chi connectivity index (χ1n) is 8.33. The van der Waals surface area contributed by atoms with E-state index in [0.717, 1.165) is 38.3 Å². The average Bonchev–Trinajstić information content (AvgIpc) is 3.11. The van der Waals surface area contributed by atoms with Crippen LogP contribution in [0.25, 0.3) is 0 Å². The van der Waals surface area contributed by atoms with Gasteiger partial charge in [0.25, 0.3) is 5.91 Å². The van der Waals surface area contributed by atoms with E-state index in [2.05, 4.69) is 17.2 Å². The van der Waals surface area contributed by atoms with E-state index >= 15 is 0 Å². The minimum Gasteiger partial charge on any atom is -0.334 e. The van der Waals surface area contributed by atoms with Crippen molar-refractivity contribution in [3.63, 3.8) is 0 Å². The van der Waals surface area contributed by atoms with Crippen LogP contribution in [0.1, 0.15) is 48.3 Å². The Bertz CT molecular complexity index is 672. The zero-order valence-electron chi connectivity index (χ0n) is 13.4. The summed E-state index contributed by atoms with van der Waals surface area (Å²) in [5.74, 6) is -0.243. The van der Waals surface area contributed by atoms with Gasteiger partial charge in [0, 0.05) is 18.8 Å². The number of amides is 1. The monoisotopic (exact) mass is 333 g/mol. The van der Waals surface area contributed by atoms with Gasteiger partial charge in [0.2, 0.25) is 0 Å². The number of carbonyl (C=O) groups excluding carboxylic acids is 1. The second-order valence-corrected chi connectivity index (χ2v) is 6.13. The van der Waals surface area contributed by atoms with E-state index in [1.807, 2.05) is 23.1 Å². The molecule has 4 nitrogen and oxygen atoms in total. The molecule has 1 aromatic heterocycles. The van der Waals surface area contributed by atoms with Crippen LogP contribution in [0, 0.1) is 0 Å². The van der Waals surface area contributed by atoms with Crippen molar-refractivity contribution in [2.24, 2.45) is 0 Å². The molecule has 1 amide bonds. The summed E-state index contributed by atoms with van der Waals surface area (Å²) in [4.78, 5) is 14.5. The number of hydrogen-bond acceptors (Lipinski definition) is 2. The number of aryl methyl sites for hydroxylation is 1. The fourth-order valence-electron chi connectivity index (χ4n) is 3.25. The maximum absolute atomic E-state index is 12.7. The molecule has 0 saturated carbocycles. The smallest absolute Gasteiger partial charge is 0.333 e. The molecule has 1 fully saturated rings. The van der Waals surface area contributed by atoms with Crippen LogP contribution in [-0.4, -0.2) is 33.2 Å². The highest BCUT2D eigenvalue weighted by molar-refractivity contribution is 5.92. The van der Waals surface area contributed by atoms with Crippen molar-refractivity contribution in [2.45, 2.75) is 44.7 Å². The maximum Gasteiger partial charge on any atom is 0.333 e. The van der Waals surface area contributed by atoms with Gasteiger partial charge in [0.15, 0.2) is 5.69 Å². The molecule has 3 rings (SSSR count). The van der Waals surface area contributed by atoms with Gasteiger partial charge < -0.3 is 4.90 Å². The largest absolute Gasteiger partial charge is 0.334 e. The Morgan fingerprint density at radius 3 is 2.71 bits per heavy atom. The number of rotatable bonds is 5. The van der Waals surface area contributed by atoms with Crippen LogP contribution in [0.5, 0.6) is 0 Å². The second kappa shape index (κ2) is 7.55. The zero-order chi connectivity index (χ0) is 16.9. The fourth-order valence-corrected chi connectivity index (χ4v) is 3.25. The van der Waals surface area contributed by atoms with E-state index in [1.165, 1.54) is 11.6 Å². The van der Waals surface area contributed by atoms with Crippen LogP contribution in [0.4, 0.5) is 8.78 Å². The molecule has 1 aromatic carbocycles. The molecule has 1 saturated heterocycles. The molecule has 0 aliphatic carbocycles. The van der Waals surface area contributed by atoms with Gasteiger partial charge in [0.1, 0.15) is 0 Å². The number of hydrogen-bond donors (Lipinski definition) is 0. The maximum atomic E-state index is 12.7. The predicted octanol–water partition coefficient (Wildman–Crippen LogP) is 3.91. The minimum absolute atomic E-state index is 0.0990. The van der Waals surface area contributed by atoms with Crippen LogP contribution >= 0.6 is 0 Å². The second-order valence-electron chi connectivity index (χ2n) is 6.13. The SMILES string of the molecule is O=C(c1ccn(C(F)F)n1)N1CCCCC1CCc1ccccc1. The summed E-state index contributed by atoms with van der Waals surface area (Å²) < 4.78 is 25.8. The molecular weight excluding hydrogens is 312 g/mol. The minimum atomic E-state index is -2.72. The van der Waals surface area contributed by atoms with Gasteiger partial charge in [-0.25, -0.2) is 4.68 Å². The average molecular weight is 333 g/mol. The number of piperidine rings is 1. The molecule has 6 heteroatoms. The Hall–Kier alpha value is -2.24. The molecule has 2 heterocycles. The number of carbonyl (C=O) groups is 1. The zero-order valence-corrected chi connectivity index (χ0v) is 13.4. The Balaban J connectivity index is 1.67. The predicted molar refractivity (Wildman–Crippen MR) is 86.9 cm³/mol. The van der Waals surface area contributed by atoms with Gasteiger partial charge in [-0.2, -0.15) is 13.9 Å². The molecule has 2 aromatic rings. The molecule has 1 aliphatic rings. The highest BCUT2D eigenvalue weighted by atomic mass is 19.3. The van der Waals surface area contributed by atoms with Crippen LogP contribution in [0.3, 0.4) is 0 Å². The summed E-state index contributed by atoms with van der Waals surface area (Å²) in [6.45, 7) is -2.05. The van der Waals surface area contributed by atoms with Crippen LogP contribution < -0.4 is 0 Å². The third kappa shape index (κ3) is 3.80. The fraction of sp³-hybridized carbons (Fsp3) is 0.444. The van der Waals surface area contributed by atoms with Crippen LogP contribution in [0.2, 0.25) is 0 Å². The van der Waals surface area contributed by atoms with Crippen molar-refractivity contribution in [3.8, 4) is 0 Å². The van der Waals surface area contributed by atoms with Crippen molar-refractivity contribution in [1.29, 1.82) is 0 Å². The molecule has 128 valence electrons. The van der Waals surface area contributed by atoms with Crippen LogP contribution in [0.15, 0.2) is 42.6 Å². The number of alkyl halides is 2. The molecule has 1 atom stereocenters. The Labute approximate surface area is 140 Å². The molecular formula is C18H21F2N3O. The summed E-state index contributed by atoms with van der Waals surface area (Å²) in [5, 5.41) is 3.71. The standard InChI is InChI=1S/C18H21F2N3O/c19-18(20)23-13-11-16(21-23)17(24)22-12-5-4-8-15(22)10-9-14-6-2-1-3-7-14/h1-3,6-7,11,13,15,18H,4-5,8-10,12H2. The van der Waals surface area contributed by atoms with Gasteiger partial charge in [0.05, 0.1) is 0 Å². The van der Waals surface area contributed by atoms with Crippen molar-refractivity contribution in [1.82, 2.24) is 14.7 Å². The summed E-state index contributed by atoms with van der Waals surface area (Å²) >= 11 is 0. The molecule has 0 spiro atoms. The molecule has 24 heavy (non-hydrogen) atoms. The quantitative estimate of drug-likeness (QED) is 0.832. The van der Waals surface area contributed by atoms with E-state index in [9.17, 15) is 13.6 Å². The Morgan fingerprint density at radius 2 is 2.00 bits per heavy atom.